The maximum absolute atomic E-state index is 12.9. The van der Waals surface area contributed by atoms with Crippen molar-refractivity contribution in [1.29, 1.82) is 0 Å². The van der Waals surface area contributed by atoms with E-state index in [4.69, 9.17) is 0 Å². The Bertz CT molecular complexity index is 939. The minimum absolute atomic E-state index is 0.241. The van der Waals surface area contributed by atoms with Crippen LogP contribution in [0, 0.1) is 10.1 Å². The van der Waals surface area contributed by atoms with Crippen LogP contribution in [0.25, 0.3) is 0 Å². The number of carbonyl (C=O) groups excluding carboxylic acids is 1. The standard InChI is InChI=1S/C19H18F2N4O4/c1-12-17(18(26)24(23(12)2)14-6-4-3-5-7-14)22-11-13-8-9-16(29-19(20)21)15(10-13)25(27)28/h3-12,17,19H,1-2H3/t12-,17+/m1/s1. The first-order valence-corrected chi connectivity index (χ1v) is 8.67. The summed E-state index contributed by atoms with van der Waals surface area (Å²) in [5.41, 5.74) is 0.385. The van der Waals surface area contributed by atoms with Gasteiger partial charge in [0.15, 0.2) is 0 Å². The van der Waals surface area contributed by atoms with E-state index in [9.17, 15) is 23.7 Å². The molecule has 2 aromatic rings. The van der Waals surface area contributed by atoms with Gasteiger partial charge in [-0.05, 0) is 36.8 Å². The first-order chi connectivity index (χ1) is 13.8. The lowest BCUT2D eigenvalue weighted by Crippen LogP contribution is -2.38. The summed E-state index contributed by atoms with van der Waals surface area (Å²) in [7, 11) is 1.77. The highest BCUT2D eigenvalue weighted by Gasteiger charge is 2.42. The van der Waals surface area contributed by atoms with Crippen LogP contribution in [-0.2, 0) is 4.79 Å². The zero-order valence-corrected chi connectivity index (χ0v) is 15.6. The predicted molar refractivity (Wildman–Crippen MR) is 102 cm³/mol. The van der Waals surface area contributed by atoms with E-state index in [0.717, 1.165) is 12.1 Å². The minimum atomic E-state index is -3.18. The molecule has 1 aliphatic heterocycles. The predicted octanol–water partition coefficient (Wildman–Crippen LogP) is 3.27. The van der Waals surface area contributed by atoms with Crippen molar-refractivity contribution in [2.75, 3.05) is 12.1 Å². The normalized spacial score (nSPS) is 20.0. The number of nitrogens with zero attached hydrogens (tertiary/aromatic N) is 4. The maximum Gasteiger partial charge on any atom is 0.387 e. The number of hydrogen-bond acceptors (Lipinski definition) is 6. The molecule has 1 heterocycles. The Kier molecular flexibility index (Phi) is 5.83. The van der Waals surface area contributed by atoms with Gasteiger partial charge in [0.25, 0.3) is 5.91 Å². The summed E-state index contributed by atoms with van der Waals surface area (Å²) in [4.78, 5) is 27.5. The highest BCUT2D eigenvalue weighted by Crippen LogP contribution is 2.30. The molecule has 0 bridgehead atoms. The van der Waals surface area contributed by atoms with E-state index < -0.39 is 29.0 Å². The van der Waals surface area contributed by atoms with Crippen LogP contribution in [0.2, 0.25) is 0 Å². The summed E-state index contributed by atoms with van der Waals surface area (Å²) in [5.74, 6) is -0.781. The number of carbonyl (C=O) groups is 1. The highest BCUT2D eigenvalue weighted by molar-refractivity contribution is 6.00. The molecule has 1 aliphatic rings. The number of ether oxygens (including phenoxy) is 1. The fourth-order valence-electron chi connectivity index (χ4n) is 3.06. The van der Waals surface area contributed by atoms with Gasteiger partial charge in [-0.1, -0.05) is 18.2 Å². The molecule has 1 fully saturated rings. The molecule has 10 heteroatoms. The summed E-state index contributed by atoms with van der Waals surface area (Å²) in [6.07, 6.45) is 1.32. The Morgan fingerprint density at radius 2 is 1.93 bits per heavy atom. The number of anilines is 1. The Morgan fingerprint density at radius 3 is 2.55 bits per heavy atom. The summed E-state index contributed by atoms with van der Waals surface area (Å²) < 4.78 is 29.0. The monoisotopic (exact) mass is 404 g/mol. The summed E-state index contributed by atoms with van der Waals surface area (Å²) in [5, 5.41) is 14.4. The molecular weight excluding hydrogens is 386 g/mol. The average molecular weight is 404 g/mol. The number of amides is 1. The Labute approximate surface area is 165 Å². The molecule has 29 heavy (non-hydrogen) atoms. The fraction of sp³-hybridized carbons (Fsp3) is 0.263. The Morgan fingerprint density at radius 1 is 1.24 bits per heavy atom. The quantitative estimate of drug-likeness (QED) is 0.419. The number of rotatable bonds is 6. The van der Waals surface area contributed by atoms with E-state index in [-0.39, 0.29) is 11.9 Å². The van der Waals surface area contributed by atoms with Crippen LogP contribution in [-0.4, -0.2) is 47.8 Å². The first-order valence-electron chi connectivity index (χ1n) is 8.67. The second kappa shape index (κ2) is 8.31. The molecule has 152 valence electrons. The van der Waals surface area contributed by atoms with E-state index in [2.05, 4.69) is 9.73 Å². The first kappa shape index (κ1) is 20.3. The van der Waals surface area contributed by atoms with Crippen molar-refractivity contribution >= 4 is 23.5 Å². The van der Waals surface area contributed by atoms with Crippen LogP contribution < -0.4 is 9.75 Å². The molecule has 0 spiro atoms. The van der Waals surface area contributed by atoms with Gasteiger partial charge in [0.1, 0.15) is 6.04 Å². The van der Waals surface area contributed by atoms with Crippen molar-refractivity contribution in [3.63, 3.8) is 0 Å². The lowest BCUT2D eigenvalue weighted by atomic mass is 10.1. The number of nitro benzene ring substituents is 1. The summed E-state index contributed by atoms with van der Waals surface area (Å²) >= 11 is 0. The number of halogens is 2. The average Bonchev–Trinajstić information content (AvgIpc) is 2.89. The molecule has 0 unspecified atom stereocenters. The molecule has 3 rings (SSSR count). The van der Waals surface area contributed by atoms with Gasteiger partial charge in [-0.3, -0.25) is 19.9 Å². The SMILES string of the molecule is C[C@@H]1[C@H](N=Cc2ccc(OC(F)F)c([N+](=O)[O-])c2)C(=O)N(c2ccccc2)N1C. The van der Waals surface area contributed by atoms with Gasteiger partial charge in [-0.25, -0.2) is 10.0 Å². The maximum atomic E-state index is 12.9. The Hall–Kier alpha value is -3.40. The molecular formula is C19H18F2N4O4. The van der Waals surface area contributed by atoms with Crippen molar-refractivity contribution in [2.45, 2.75) is 25.6 Å². The molecule has 1 saturated heterocycles. The molecule has 0 aliphatic carbocycles. The van der Waals surface area contributed by atoms with Crippen molar-refractivity contribution in [3.8, 4) is 5.75 Å². The van der Waals surface area contributed by atoms with Crippen molar-refractivity contribution in [1.82, 2.24) is 5.01 Å². The fourth-order valence-corrected chi connectivity index (χ4v) is 3.06. The Balaban J connectivity index is 1.85. The van der Waals surface area contributed by atoms with Crippen LogP contribution in [0.4, 0.5) is 20.2 Å². The van der Waals surface area contributed by atoms with Crippen molar-refractivity contribution < 1.29 is 23.2 Å². The number of hydrogen-bond donors (Lipinski definition) is 0. The number of likely N-dealkylation sites (N-methyl/N-ethyl adjacent to an activating group) is 1. The molecule has 0 saturated carbocycles. The number of aliphatic imine (C=N–C) groups is 1. The van der Waals surface area contributed by atoms with E-state index in [0.29, 0.717) is 11.3 Å². The summed E-state index contributed by atoms with van der Waals surface area (Å²) in [6.45, 7) is -1.34. The molecule has 2 aromatic carbocycles. The topological polar surface area (TPSA) is 88.3 Å². The molecule has 0 N–H and O–H groups in total. The largest absolute Gasteiger partial charge is 0.427 e. The number of hydrazine groups is 1. The van der Waals surface area contributed by atoms with Crippen LogP contribution in [0.3, 0.4) is 0 Å². The van der Waals surface area contributed by atoms with Gasteiger partial charge >= 0.3 is 12.3 Å². The van der Waals surface area contributed by atoms with Crippen LogP contribution in [0.15, 0.2) is 53.5 Å². The van der Waals surface area contributed by atoms with E-state index in [1.165, 1.54) is 17.3 Å². The zero-order chi connectivity index (χ0) is 21.1. The second-order valence-corrected chi connectivity index (χ2v) is 6.39. The number of nitro groups is 1. The number of alkyl halides is 2. The smallest absolute Gasteiger partial charge is 0.387 e. The minimum Gasteiger partial charge on any atom is -0.427 e. The van der Waals surface area contributed by atoms with Gasteiger partial charge in [0.2, 0.25) is 5.75 Å². The second-order valence-electron chi connectivity index (χ2n) is 6.39. The third-order valence-corrected chi connectivity index (χ3v) is 4.60. The van der Waals surface area contributed by atoms with Gasteiger partial charge in [-0.2, -0.15) is 8.78 Å². The summed E-state index contributed by atoms with van der Waals surface area (Å²) in [6, 6.07) is 11.6. The molecule has 8 nitrogen and oxygen atoms in total. The third-order valence-electron chi connectivity index (χ3n) is 4.60. The molecule has 0 aromatic heterocycles. The van der Waals surface area contributed by atoms with Crippen molar-refractivity contribution in [3.05, 3.63) is 64.2 Å². The van der Waals surface area contributed by atoms with Crippen LogP contribution >= 0.6 is 0 Å². The van der Waals surface area contributed by atoms with Gasteiger partial charge in [0.05, 0.1) is 16.7 Å². The van der Waals surface area contributed by atoms with Gasteiger partial charge < -0.3 is 4.74 Å². The van der Waals surface area contributed by atoms with Gasteiger partial charge in [0, 0.05) is 19.3 Å². The molecule has 2 atom stereocenters. The van der Waals surface area contributed by atoms with E-state index >= 15 is 0 Å². The van der Waals surface area contributed by atoms with E-state index in [1.807, 2.05) is 25.1 Å². The van der Waals surface area contributed by atoms with Crippen molar-refractivity contribution in [2.24, 2.45) is 4.99 Å². The number of para-hydroxylation sites is 1. The lowest BCUT2D eigenvalue weighted by molar-refractivity contribution is -0.386. The van der Waals surface area contributed by atoms with Crippen LogP contribution in [0.5, 0.6) is 5.75 Å². The molecule has 1 amide bonds. The lowest BCUT2D eigenvalue weighted by Gasteiger charge is -2.26. The number of benzene rings is 2. The van der Waals surface area contributed by atoms with E-state index in [1.54, 1.807) is 24.2 Å². The highest BCUT2D eigenvalue weighted by atomic mass is 19.3. The third kappa shape index (κ3) is 4.21. The molecule has 0 radical (unpaired) electrons. The zero-order valence-electron chi connectivity index (χ0n) is 15.6. The van der Waals surface area contributed by atoms with Gasteiger partial charge in [-0.15, -0.1) is 0 Å². The van der Waals surface area contributed by atoms with Crippen LogP contribution in [0.1, 0.15) is 12.5 Å².